The van der Waals surface area contributed by atoms with E-state index in [1.165, 1.54) is 107 Å². The number of fused-ring (bicyclic) bond motifs is 1. The number of carbonyl (C=O) groups is 1. The van der Waals surface area contributed by atoms with Crippen molar-refractivity contribution in [3.05, 3.63) is 22.3 Å². The molecule has 182 valence electrons. The van der Waals surface area contributed by atoms with Crippen LogP contribution in [0.1, 0.15) is 129 Å². The van der Waals surface area contributed by atoms with Crippen LogP contribution in [0.5, 0.6) is 0 Å². The Hall–Kier alpha value is -1.51. The Bertz CT molecular complexity index is 733. The minimum atomic E-state index is 0.152. The number of nitrogens with one attached hydrogen (secondary N) is 2. The van der Waals surface area contributed by atoms with Crippen molar-refractivity contribution in [2.24, 2.45) is 5.92 Å². The summed E-state index contributed by atoms with van der Waals surface area (Å²) in [5, 5.41) is 5.53. The van der Waals surface area contributed by atoms with Crippen molar-refractivity contribution >= 4 is 18.1 Å². The molecule has 1 unspecified atom stereocenters. The smallest absolute Gasteiger partial charge is 0.224 e. The molecule has 1 aliphatic rings. The Labute approximate surface area is 197 Å². The standard InChI is InChI=1S/C29H50N2O/c1-3-4-5-6-7-8-9-10-11-12-13-14-15-16-17-18-21-30-29(32)23-26-24-31-28-20-19-25(2)22-27(26)28/h20,22,24-25,31H,3-19,21,23H2,1-2H3,(H,30,32). The number of rotatable bonds is 19. The molecule has 0 saturated carbocycles. The van der Waals surface area contributed by atoms with E-state index in [2.05, 4.69) is 36.3 Å². The van der Waals surface area contributed by atoms with E-state index in [0.717, 1.165) is 24.9 Å². The van der Waals surface area contributed by atoms with Crippen LogP contribution < -0.4 is 15.9 Å². The maximum Gasteiger partial charge on any atom is 0.224 e. The summed E-state index contributed by atoms with van der Waals surface area (Å²) < 4.78 is 0. The first-order valence-electron chi connectivity index (χ1n) is 13.9. The summed E-state index contributed by atoms with van der Waals surface area (Å²) in [4.78, 5) is 15.6. The van der Waals surface area contributed by atoms with E-state index in [4.69, 9.17) is 0 Å². The summed E-state index contributed by atoms with van der Waals surface area (Å²) in [6, 6.07) is 0. The zero-order valence-electron chi connectivity index (χ0n) is 21.2. The van der Waals surface area contributed by atoms with Gasteiger partial charge in [0.2, 0.25) is 5.91 Å². The van der Waals surface area contributed by atoms with Crippen LogP contribution >= 0.6 is 0 Å². The fraction of sp³-hybridized carbons (Fsp3) is 0.759. The maximum atomic E-state index is 12.3. The number of hydrogen-bond acceptors (Lipinski definition) is 1. The first-order valence-corrected chi connectivity index (χ1v) is 13.9. The SMILES string of the molecule is CCCCCCCCCCCCCCCCCCNC(=O)Cc1c[nH]c2c1=CC(C)CC=2. The predicted octanol–water partition coefficient (Wildman–Crippen LogP) is 6.54. The third-order valence-electron chi connectivity index (χ3n) is 6.89. The lowest BCUT2D eigenvalue weighted by Gasteiger charge is -2.07. The van der Waals surface area contributed by atoms with E-state index >= 15 is 0 Å². The molecule has 0 saturated heterocycles. The molecule has 2 rings (SSSR count). The maximum absolute atomic E-state index is 12.3. The number of aromatic amines is 1. The number of amides is 1. The molecule has 3 nitrogen and oxygen atoms in total. The van der Waals surface area contributed by atoms with Gasteiger partial charge in [-0.15, -0.1) is 0 Å². The number of hydrogen-bond donors (Lipinski definition) is 2. The van der Waals surface area contributed by atoms with Crippen molar-refractivity contribution in [3.63, 3.8) is 0 Å². The van der Waals surface area contributed by atoms with Gasteiger partial charge in [0.15, 0.2) is 0 Å². The molecule has 1 heterocycles. The highest BCUT2D eigenvalue weighted by Crippen LogP contribution is 2.13. The van der Waals surface area contributed by atoms with Crippen molar-refractivity contribution in [1.29, 1.82) is 0 Å². The van der Waals surface area contributed by atoms with Gasteiger partial charge in [-0.3, -0.25) is 4.79 Å². The Kier molecular flexibility index (Phi) is 14.2. The summed E-state index contributed by atoms with van der Waals surface area (Å²) in [6.07, 6.45) is 30.2. The summed E-state index contributed by atoms with van der Waals surface area (Å²) in [5.41, 5.74) is 1.13. The average Bonchev–Trinajstić information content (AvgIpc) is 3.17. The highest BCUT2D eigenvalue weighted by molar-refractivity contribution is 5.78. The molecule has 0 aliphatic heterocycles. The van der Waals surface area contributed by atoms with Gasteiger partial charge in [0, 0.05) is 18.1 Å². The molecule has 1 aliphatic carbocycles. The molecular formula is C29H50N2O. The first-order chi connectivity index (χ1) is 15.7. The molecule has 0 fully saturated rings. The second-order valence-electron chi connectivity index (χ2n) is 10.1. The zero-order valence-corrected chi connectivity index (χ0v) is 21.2. The first kappa shape index (κ1) is 26.7. The second-order valence-corrected chi connectivity index (χ2v) is 10.1. The van der Waals surface area contributed by atoms with Gasteiger partial charge in [-0.2, -0.15) is 0 Å². The minimum absolute atomic E-state index is 0.152. The van der Waals surface area contributed by atoms with Crippen LogP contribution in [-0.2, 0) is 11.2 Å². The van der Waals surface area contributed by atoms with Crippen molar-refractivity contribution < 1.29 is 4.79 Å². The van der Waals surface area contributed by atoms with Crippen LogP contribution in [0, 0.1) is 5.92 Å². The van der Waals surface area contributed by atoms with E-state index in [0.29, 0.717) is 12.3 Å². The third-order valence-corrected chi connectivity index (χ3v) is 6.89. The van der Waals surface area contributed by atoms with Crippen LogP contribution in [0.3, 0.4) is 0 Å². The molecule has 1 atom stereocenters. The Morgan fingerprint density at radius 2 is 1.41 bits per heavy atom. The molecular weight excluding hydrogens is 392 g/mol. The van der Waals surface area contributed by atoms with Crippen LogP contribution in [0.15, 0.2) is 6.20 Å². The molecule has 2 N–H and O–H groups in total. The highest BCUT2D eigenvalue weighted by Gasteiger charge is 2.10. The summed E-state index contributed by atoms with van der Waals surface area (Å²) >= 11 is 0. The molecule has 1 amide bonds. The van der Waals surface area contributed by atoms with Crippen molar-refractivity contribution in [2.75, 3.05) is 6.54 Å². The lowest BCUT2D eigenvalue weighted by atomic mass is 10.00. The van der Waals surface area contributed by atoms with Crippen LogP contribution in [0.4, 0.5) is 0 Å². The van der Waals surface area contributed by atoms with Gasteiger partial charge in [0.1, 0.15) is 0 Å². The van der Waals surface area contributed by atoms with Gasteiger partial charge < -0.3 is 10.3 Å². The Morgan fingerprint density at radius 3 is 1.97 bits per heavy atom. The van der Waals surface area contributed by atoms with Crippen molar-refractivity contribution in [1.82, 2.24) is 10.3 Å². The van der Waals surface area contributed by atoms with Crippen molar-refractivity contribution in [3.8, 4) is 0 Å². The van der Waals surface area contributed by atoms with E-state index in [1.54, 1.807) is 0 Å². The van der Waals surface area contributed by atoms with Crippen LogP contribution in [0.2, 0.25) is 0 Å². The molecule has 3 heteroatoms. The fourth-order valence-electron chi connectivity index (χ4n) is 4.80. The lowest BCUT2D eigenvalue weighted by molar-refractivity contribution is -0.120. The highest BCUT2D eigenvalue weighted by atomic mass is 16.1. The molecule has 0 spiro atoms. The average molecular weight is 443 g/mol. The van der Waals surface area contributed by atoms with Gasteiger partial charge in [-0.05, 0) is 29.5 Å². The minimum Gasteiger partial charge on any atom is -0.361 e. The van der Waals surface area contributed by atoms with E-state index in [1.807, 2.05) is 6.20 Å². The summed E-state index contributed by atoms with van der Waals surface area (Å²) in [7, 11) is 0. The Balaban J connectivity index is 1.36. The molecule has 0 radical (unpaired) electrons. The Morgan fingerprint density at radius 1 is 0.875 bits per heavy atom. The molecule has 32 heavy (non-hydrogen) atoms. The quantitative estimate of drug-likeness (QED) is 0.235. The van der Waals surface area contributed by atoms with Crippen LogP contribution in [0.25, 0.3) is 12.2 Å². The van der Waals surface area contributed by atoms with Gasteiger partial charge >= 0.3 is 0 Å². The molecule has 1 aromatic heterocycles. The fourth-order valence-corrected chi connectivity index (χ4v) is 4.80. The lowest BCUT2D eigenvalue weighted by Crippen LogP contribution is -2.32. The molecule has 1 aromatic rings. The van der Waals surface area contributed by atoms with Crippen LogP contribution in [-0.4, -0.2) is 17.4 Å². The summed E-state index contributed by atoms with van der Waals surface area (Å²) in [5.74, 6) is 0.713. The predicted molar refractivity (Wildman–Crippen MR) is 139 cm³/mol. The third kappa shape index (κ3) is 11.4. The van der Waals surface area contributed by atoms with Gasteiger partial charge in [-0.25, -0.2) is 0 Å². The number of unbranched alkanes of at least 4 members (excludes halogenated alkanes) is 15. The number of H-pyrrole nitrogens is 1. The van der Waals surface area contributed by atoms with E-state index in [9.17, 15) is 4.79 Å². The zero-order chi connectivity index (χ0) is 22.9. The van der Waals surface area contributed by atoms with Gasteiger partial charge in [0.05, 0.1) is 6.42 Å². The van der Waals surface area contributed by atoms with E-state index in [-0.39, 0.29) is 5.91 Å². The molecule has 0 aromatic carbocycles. The van der Waals surface area contributed by atoms with E-state index < -0.39 is 0 Å². The largest absolute Gasteiger partial charge is 0.361 e. The monoisotopic (exact) mass is 442 g/mol. The summed E-state index contributed by atoms with van der Waals surface area (Å²) in [6.45, 7) is 5.33. The van der Waals surface area contributed by atoms with Gasteiger partial charge in [0.25, 0.3) is 0 Å². The number of carbonyl (C=O) groups excluding carboxylic acids is 1. The molecule has 0 bridgehead atoms. The normalized spacial score (nSPS) is 15.1. The second kappa shape index (κ2) is 17.0. The number of aromatic nitrogens is 1. The topological polar surface area (TPSA) is 44.9 Å². The van der Waals surface area contributed by atoms with Gasteiger partial charge in [-0.1, -0.05) is 122 Å². The van der Waals surface area contributed by atoms with Crippen molar-refractivity contribution in [2.45, 2.75) is 129 Å².